The second kappa shape index (κ2) is 7.62. The highest BCUT2D eigenvalue weighted by Crippen LogP contribution is 2.33. The minimum Gasteiger partial charge on any atom is -0.495 e. The quantitative estimate of drug-likeness (QED) is 0.644. The molecule has 4 rings (SSSR count). The molecule has 3 aromatic carbocycles. The number of benzene rings is 3. The third-order valence-electron chi connectivity index (χ3n) is 5.10. The van der Waals surface area contributed by atoms with Crippen LogP contribution in [0.15, 0.2) is 65.6 Å². The molecular formula is C21H21ClN2O3S. The molecule has 28 heavy (non-hydrogen) atoms. The fraction of sp³-hybridized carbons (Fsp3) is 0.238. The number of hydrogen-bond donors (Lipinski definition) is 0. The van der Waals surface area contributed by atoms with Gasteiger partial charge >= 0.3 is 0 Å². The van der Waals surface area contributed by atoms with E-state index < -0.39 is 10.0 Å². The summed E-state index contributed by atoms with van der Waals surface area (Å²) >= 11 is 6.34. The van der Waals surface area contributed by atoms with Gasteiger partial charge in [-0.25, -0.2) is 8.42 Å². The van der Waals surface area contributed by atoms with Crippen LogP contribution in [0.2, 0.25) is 5.02 Å². The molecule has 1 heterocycles. The maximum atomic E-state index is 13.3. The van der Waals surface area contributed by atoms with Crippen LogP contribution in [0.1, 0.15) is 0 Å². The average Bonchev–Trinajstić information content (AvgIpc) is 2.73. The van der Waals surface area contributed by atoms with Crippen LogP contribution in [-0.4, -0.2) is 46.0 Å². The van der Waals surface area contributed by atoms with Crippen LogP contribution in [0.4, 0.5) is 5.69 Å². The van der Waals surface area contributed by atoms with Gasteiger partial charge in [-0.2, -0.15) is 4.31 Å². The van der Waals surface area contributed by atoms with Crippen molar-refractivity contribution >= 4 is 38.1 Å². The number of para-hydroxylation sites is 2. The Morgan fingerprint density at radius 2 is 1.57 bits per heavy atom. The van der Waals surface area contributed by atoms with E-state index in [0.717, 1.165) is 16.8 Å². The minimum atomic E-state index is -3.64. The Morgan fingerprint density at radius 3 is 2.29 bits per heavy atom. The van der Waals surface area contributed by atoms with Crippen molar-refractivity contribution in [2.75, 3.05) is 38.2 Å². The van der Waals surface area contributed by atoms with Crippen LogP contribution in [0.5, 0.6) is 5.75 Å². The van der Waals surface area contributed by atoms with Gasteiger partial charge < -0.3 is 9.64 Å². The van der Waals surface area contributed by atoms with Gasteiger partial charge in [0.1, 0.15) is 5.75 Å². The molecular weight excluding hydrogens is 396 g/mol. The third-order valence-corrected chi connectivity index (χ3v) is 7.35. The number of anilines is 1. The first-order valence-electron chi connectivity index (χ1n) is 9.08. The number of halogens is 1. The average molecular weight is 417 g/mol. The molecule has 1 aliphatic rings. The minimum absolute atomic E-state index is 0.265. The first-order chi connectivity index (χ1) is 13.5. The van der Waals surface area contributed by atoms with Crippen LogP contribution >= 0.6 is 11.6 Å². The lowest BCUT2D eigenvalue weighted by molar-refractivity contribution is 0.378. The van der Waals surface area contributed by atoms with Gasteiger partial charge in [-0.15, -0.1) is 0 Å². The summed E-state index contributed by atoms with van der Waals surface area (Å²) in [7, 11) is -2.00. The lowest BCUT2D eigenvalue weighted by atomic mass is 10.1. The first-order valence-corrected chi connectivity index (χ1v) is 10.9. The van der Waals surface area contributed by atoms with Crippen molar-refractivity contribution in [3.05, 3.63) is 65.7 Å². The van der Waals surface area contributed by atoms with E-state index >= 15 is 0 Å². The summed E-state index contributed by atoms with van der Waals surface area (Å²) in [6.07, 6.45) is 0. The zero-order chi connectivity index (χ0) is 19.7. The normalized spacial score (nSPS) is 15.7. The third kappa shape index (κ3) is 3.32. The van der Waals surface area contributed by atoms with E-state index in [9.17, 15) is 8.42 Å². The topological polar surface area (TPSA) is 49.9 Å². The van der Waals surface area contributed by atoms with E-state index in [0.29, 0.717) is 36.6 Å². The Balaban J connectivity index is 1.61. The zero-order valence-corrected chi connectivity index (χ0v) is 17.1. The van der Waals surface area contributed by atoms with Gasteiger partial charge in [-0.05, 0) is 29.7 Å². The standard InChI is InChI=1S/C21H21ClN2O3S/c1-27-19-10-3-2-9-18(19)23-12-14-24(15-13-23)28(25,26)20-11-5-7-16-6-4-8-17(22)21(16)20/h2-11H,12-15H2,1H3. The van der Waals surface area contributed by atoms with E-state index in [1.807, 2.05) is 42.5 Å². The second-order valence-electron chi connectivity index (χ2n) is 6.66. The molecule has 0 saturated carbocycles. The summed E-state index contributed by atoms with van der Waals surface area (Å²) in [5.74, 6) is 0.791. The van der Waals surface area contributed by atoms with Crippen LogP contribution in [-0.2, 0) is 10.0 Å². The Bertz CT molecular complexity index is 1100. The van der Waals surface area contributed by atoms with Crippen molar-refractivity contribution in [2.45, 2.75) is 4.90 Å². The fourth-order valence-corrected chi connectivity index (χ4v) is 5.67. The van der Waals surface area contributed by atoms with Crippen molar-refractivity contribution in [1.29, 1.82) is 0 Å². The van der Waals surface area contributed by atoms with Gasteiger partial charge in [0.05, 0.1) is 17.7 Å². The molecule has 0 N–H and O–H groups in total. The molecule has 146 valence electrons. The SMILES string of the molecule is COc1ccccc1N1CCN(S(=O)(=O)c2cccc3cccc(Cl)c23)CC1. The lowest BCUT2D eigenvalue weighted by Gasteiger charge is -2.36. The van der Waals surface area contributed by atoms with Crippen LogP contribution in [0.3, 0.4) is 0 Å². The van der Waals surface area contributed by atoms with Gasteiger partial charge in [0.2, 0.25) is 10.0 Å². The van der Waals surface area contributed by atoms with Crippen LogP contribution in [0.25, 0.3) is 10.8 Å². The highest BCUT2D eigenvalue weighted by molar-refractivity contribution is 7.89. The molecule has 1 aliphatic heterocycles. The molecule has 0 bridgehead atoms. The maximum Gasteiger partial charge on any atom is 0.243 e. The molecule has 0 unspecified atom stereocenters. The lowest BCUT2D eigenvalue weighted by Crippen LogP contribution is -2.48. The number of ether oxygens (including phenoxy) is 1. The molecule has 0 radical (unpaired) electrons. The smallest absolute Gasteiger partial charge is 0.243 e. The molecule has 1 saturated heterocycles. The number of nitrogens with zero attached hydrogens (tertiary/aromatic N) is 2. The summed E-state index contributed by atoms with van der Waals surface area (Å²) in [6.45, 7) is 2.00. The number of rotatable bonds is 4. The molecule has 0 amide bonds. The Hall–Kier alpha value is -2.28. The summed E-state index contributed by atoms with van der Waals surface area (Å²) in [6, 6.07) is 18.5. The number of fused-ring (bicyclic) bond motifs is 1. The largest absolute Gasteiger partial charge is 0.495 e. The summed E-state index contributed by atoms with van der Waals surface area (Å²) in [5.41, 5.74) is 0.982. The van der Waals surface area contributed by atoms with Crippen molar-refractivity contribution < 1.29 is 13.2 Å². The number of sulfonamides is 1. The van der Waals surface area contributed by atoms with Crippen LogP contribution in [0, 0.1) is 0 Å². The molecule has 0 aromatic heterocycles. The molecule has 0 atom stereocenters. The van der Waals surface area contributed by atoms with Gasteiger partial charge in [-0.3, -0.25) is 0 Å². The zero-order valence-electron chi connectivity index (χ0n) is 15.5. The van der Waals surface area contributed by atoms with Gasteiger partial charge in [0.25, 0.3) is 0 Å². The Kier molecular flexibility index (Phi) is 5.19. The summed E-state index contributed by atoms with van der Waals surface area (Å²) < 4.78 is 33.7. The Labute approximate surface area is 170 Å². The number of piperazine rings is 1. The van der Waals surface area contributed by atoms with E-state index in [4.69, 9.17) is 16.3 Å². The van der Waals surface area contributed by atoms with Crippen molar-refractivity contribution in [3.63, 3.8) is 0 Å². The summed E-state index contributed by atoms with van der Waals surface area (Å²) in [5, 5.41) is 1.85. The molecule has 5 nitrogen and oxygen atoms in total. The van der Waals surface area contributed by atoms with E-state index in [-0.39, 0.29) is 4.90 Å². The highest BCUT2D eigenvalue weighted by atomic mass is 35.5. The molecule has 3 aromatic rings. The fourth-order valence-electron chi connectivity index (χ4n) is 3.68. The van der Waals surface area contributed by atoms with E-state index in [1.165, 1.54) is 4.31 Å². The van der Waals surface area contributed by atoms with Crippen molar-refractivity contribution in [3.8, 4) is 5.75 Å². The van der Waals surface area contributed by atoms with Gasteiger partial charge in [0, 0.05) is 36.6 Å². The molecule has 0 spiro atoms. The molecule has 7 heteroatoms. The van der Waals surface area contributed by atoms with Gasteiger partial charge in [-0.1, -0.05) is 48.0 Å². The monoisotopic (exact) mass is 416 g/mol. The van der Waals surface area contributed by atoms with Crippen molar-refractivity contribution in [1.82, 2.24) is 4.31 Å². The van der Waals surface area contributed by atoms with Crippen molar-refractivity contribution in [2.24, 2.45) is 0 Å². The van der Waals surface area contributed by atoms with Gasteiger partial charge in [0.15, 0.2) is 0 Å². The maximum absolute atomic E-state index is 13.3. The number of methoxy groups -OCH3 is 1. The summed E-state index contributed by atoms with van der Waals surface area (Å²) in [4.78, 5) is 2.42. The Morgan fingerprint density at radius 1 is 0.893 bits per heavy atom. The highest BCUT2D eigenvalue weighted by Gasteiger charge is 2.30. The second-order valence-corrected chi connectivity index (χ2v) is 8.97. The molecule has 0 aliphatic carbocycles. The predicted molar refractivity (Wildman–Crippen MR) is 113 cm³/mol. The molecule has 1 fully saturated rings. The van der Waals surface area contributed by atoms with E-state index in [1.54, 1.807) is 25.3 Å². The number of hydrogen-bond acceptors (Lipinski definition) is 4. The van der Waals surface area contributed by atoms with Crippen LogP contribution < -0.4 is 9.64 Å². The predicted octanol–water partition coefficient (Wildman–Crippen LogP) is 4.01. The van der Waals surface area contributed by atoms with E-state index in [2.05, 4.69) is 4.90 Å². The first kappa shape index (κ1) is 19.1.